The lowest BCUT2D eigenvalue weighted by molar-refractivity contribution is -0.386. The van der Waals surface area contributed by atoms with Crippen LogP contribution in [0.5, 0.6) is 23.0 Å². The van der Waals surface area contributed by atoms with Crippen molar-refractivity contribution in [3.05, 3.63) is 114 Å². The molecule has 1 aliphatic rings. The quantitative estimate of drug-likeness (QED) is 0.0895. The Balaban J connectivity index is 1.41. The Morgan fingerprint density at radius 3 is 2.65 bits per heavy atom. The molecule has 0 N–H and O–H groups in total. The zero-order chi connectivity index (χ0) is 32.5. The molecule has 1 aromatic heterocycles. The van der Waals surface area contributed by atoms with Crippen LogP contribution in [0.2, 0.25) is 0 Å². The van der Waals surface area contributed by atoms with E-state index in [1.807, 2.05) is 25.1 Å². The number of methoxy groups -OCH3 is 1. The minimum Gasteiger partial charge on any atom is -0.496 e. The molecule has 6 rings (SSSR count). The van der Waals surface area contributed by atoms with Crippen LogP contribution in [0.3, 0.4) is 0 Å². The first-order valence-corrected chi connectivity index (χ1v) is 15.2. The van der Waals surface area contributed by atoms with Crippen molar-refractivity contribution in [3.63, 3.8) is 0 Å². The normalized spacial score (nSPS) is 12.3. The topological polar surface area (TPSA) is 127 Å². The Kier molecular flexibility index (Phi) is 8.46. The Morgan fingerprint density at radius 2 is 1.89 bits per heavy atom. The van der Waals surface area contributed by atoms with Gasteiger partial charge in [0.1, 0.15) is 12.4 Å². The summed E-state index contributed by atoms with van der Waals surface area (Å²) in [6, 6.07) is 19.3. The zero-order valence-corrected chi connectivity index (χ0v) is 27.0. The number of halogens is 1. The summed E-state index contributed by atoms with van der Waals surface area (Å²) in [6.45, 7) is 6.23. The molecular formula is C34H29BrN4O7. The summed E-state index contributed by atoms with van der Waals surface area (Å²) in [4.78, 5) is 30.3. The van der Waals surface area contributed by atoms with E-state index in [0.29, 0.717) is 43.8 Å². The van der Waals surface area contributed by atoms with E-state index >= 15 is 0 Å². The molecule has 2 heterocycles. The number of aryl methyl sites for hydroxylation is 1. The highest BCUT2D eigenvalue weighted by Gasteiger charge is 2.22. The summed E-state index contributed by atoms with van der Waals surface area (Å²) < 4.78 is 23.8. The number of hydrogen-bond donors (Lipinski definition) is 0. The summed E-state index contributed by atoms with van der Waals surface area (Å²) >= 11 is 3.43. The van der Waals surface area contributed by atoms with Gasteiger partial charge in [-0.25, -0.2) is 4.98 Å². The predicted molar refractivity (Wildman–Crippen MR) is 178 cm³/mol. The van der Waals surface area contributed by atoms with Crippen LogP contribution in [0.1, 0.15) is 42.0 Å². The van der Waals surface area contributed by atoms with Gasteiger partial charge < -0.3 is 18.9 Å². The van der Waals surface area contributed by atoms with Crippen molar-refractivity contribution in [2.75, 3.05) is 13.9 Å². The molecule has 0 saturated carbocycles. The molecule has 46 heavy (non-hydrogen) atoms. The smallest absolute Gasteiger partial charge is 0.312 e. The number of nitro benzene ring substituents is 1. The number of ether oxygens (including phenoxy) is 4. The molecule has 0 atom stereocenters. The fourth-order valence-corrected chi connectivity index (χ4v) is 5.82. The van der Waals surface area contributed by atoms with Gasteiger partial charge in [0.2, 0.25) is 12.5 Å². The molecule has 4 aromatic carbocycles. The molecule has 234 valence electrons. The molecule has 0 radical (unpaired) electrons. The highest BCUT2D eigenvalue weighted by atomic mass is 79.9. The Bertz CT molecular complexity index is 2090. The summed E-state index contributed by atoms with van der Waals surface area (Å²) in [5, 5.41) is 17.1. The lowest BCUT2D eigenvalue weighted by Gasteiger charge is -2.17. The SMILES string of the molecule is COc1cc(C)c(-c2nc3ccccc3c(=O)n2N=Cc2cc(Br)c(OCc3ccc4c(c3)OCO4)c([N+](=O)[O-])c2)cc1C(C)C. The second-order valence-electron chi connectivity index (χ2n) is 11.0. The number of para-hydroxylation sites is 1. The number of hydrogen-bond acceptors (Lipinski definition) is 9. The van der Waals surface area contributed by atoms with E-state index in [1.165, 1.54) is 17.0 Å². The Morgan fingerprint density at radius 1 is 1.11 bits per heavy atom. The number of nitro groups is 1. The van der Waals surface area contributed by atoms with Gasteiger partial charge in [-0.1, -0.05) is 32.0 Å². The molecule has 5 aromatic rings. The lowest BCUT2D eigenvalue weighted by atomic mass is 9.96. The fraction of sp³-hybridized carbons (Fsp3) is 0.206. The molecule has 0 unspecified atom stereocenters. The molecule has 0 amide bonds. The zero-order valence-electron chi connectivity index (χ0n) is 25.4. The molecule has 0 bridgehead atoms. The molecule has 0 aliphatic carbocycles. The van der Waals surface area contributed by atoms with Crippen LogP contribution >= 0.6 is 15.9 Å². The Hall–Kier alpha value is -5.23. The van der Waals surface area contributed by atoms with Crippen molar-refractivity contribution in [1.82, 2.24) is 9.66 Å². The van der Waals surface area contributed by atoms with Crippen LogP contribution in [0.15, 0.2) is 81.1 Å². The fourth-order valence-electron chi connectivity index (χ4n) is 5.24. The third-order valence-corrected chi connectivity index (χ3v) is 8.17. The van der Waals surface area contributed by atoms with Gasteiger partial charge in [-0.15, -0.1) is 0 Å². The first-order valence-electron chi connectivity index (χ1n) is 14.4. The van der Waals surface area contributed by atoms with Crippen LogP contribution < -0.4 is 24.5 Å². The van der Waals surface area contributed by atoms with Gasteiger partial charge in [-0.3, -0.25) is 14.9 Å². The van der Waals surface area contributed by atoms with Crippen LogP contribution in [0.25, 0.3) is 22.3 Å². The second kappa shape index (κ2) is 12.6. The lowest BCUT2D eigenvalue weighted by Crippen LogP contribution is -2.20. The van der Waals surface area contributed by atoms with Crippen LogP contribution in [0.4, 0.5) is 5.69 Å². The summed E-state index contributed by atoms with van der Waals surface area (Å²) in [6.07, 6.45) is 1.39. The minimum absolute atomic E-state index is 0.0557. The van der Waals surface area contributed by atoms with Crippen molar-refractivity contribution < 1.29 is 23.9 Å². The van der Waals surface area contributed by atoms with Gasteiger partial charge in [-0.2, -0.15) is 9.78 Å². The van der Waals surface area contributed by atoms with Crippen LogP contribution in [-0.4, -0.2) is 34.7 Å². The van der Waals surface area contributed by atoms with E-state index in [2.05, 4.69) is 34.9 Å². The Labute approximate surface area is 272 Å². The van der Waals surface area contributed by atoms with Crippen LogP contribution in [-0.2, 0) is 6.61 Å². The van der Waals surface area contributed by atoms with Crippen molar-refractivity contribution in [3.8, 4) is 34.4 Å². The highest BCUT2D eigenvalue weighted by molar-refractivity contribution is 9.10. The van der Waals surface area contributed by atoms with E-state index in [9.17, 15) is 14.9 Å². The van der Waals surface area contributed by atoms with E-state index in [1.54, 1.807) is 49.6 Å². The van der Waals surface area contributed by atoms with Crippen molar-refractivity contribution >= 4 is 38.7 Å². The van der Waals surface area contributed by atoms with E-state index in [0.717, 1.165) is 22.4 Å². The molecule has 0 spiro atoms. The molecule has 0 saturated heterocycles. The standard InChI is InChI=1S/C34H29BrN4O7/c1-19(2)24-15-25(20(3)11-30(24)43-4)33-37-27-8-6-5-7-23(27)34(40)38(33)36-16-22-12-26(35)32(28(13-22)39(41)42)44-17-21-9-10-29-31(14-21)46-18-45-29/h5-16,19H,17-18H2,1-4H3. The number of nitrogens with zero attached hydrogens (tertiary/aromatic N) is 4. The maximum absolute atomic E-state index is 13.8. The maximum atomic E-state index is 13.8. The van der Waals surface area contributed by atoms with Gasteiger partial charge in [0, 0.05) is 17.2 Å². The monoisotopic (exact) mass is 684 g/mol. The van der Waals surface area contributed by atoms with Gasteiger partial charge in [0.15, 0.2) is 17.3 Å². The second-order valence-corrected chi connectivity index (χ2v) is 11.8. The van der Waals surface area contributed by atoms with E-state index < -0.39 is 4.92 Å². The molecule has 1 aliphatic heterocycles. The first-order chi connectivity index (χ1) is 22.1. The summed E-state index contributed by atoms with van der Waals surface area (Å²) in [7, 11) is 1.62. The molecule has 12 heteroatoms. The molecular weight excluding hydrogens is 656 g/mol. The minimum atomic E-state index is -0.527. The number of aromatic nitrogens is 2. The number of rotatable bonds is 9. The third kappa shape index (κ3) is 5.91. The predicted octanol–water partition coefficient (Wildman–Crippen LogP) is 7.36. The average Bonchev–Trinajstić information content (AvgIpc) is 3.51. The van der Waals surface area contributed by atoms with Crippen molar-refractivity contribution in [1.29, 1.82) is 0 Å². The molecule has 11 nitrogen and oxygen atoms in total. The average molecular weight is 686 g/mol. The van der Waals surface area contributed by atoms with Crippen LogP contribution in [0, 0.1) is 17.0 Å². The van der Waals surface area contributed by atoms with E-state index in [-0.39, 0.29) is 36.3 Å². The van der Waals surface area contributed by atoms with Gasteiger partial charge in [0.05, 0.1) is 33.6 Å². The maximum Gasteiger partial charge on any atom is 0.312 e. The highest BCUT2D eigenvalue weighted by Crippen LogP contribution is 2.38. The van der Waals surface area contributed by atoms with Crippen molar-refractivity contribution in [2.45, 2.75) is 33.3 Å². The van der Waals surface area contributed by atoms with Gasteiger partial charge in [-0.05, 0) is 87.9 Å². The van der Waals surface area contributed by atoms with Gasteiger partial charge >= 0.3 is 5.69 Å². The first kappa shape index (κ1) is 30.8. The van der Waals surface area contributed by atoms with Gasteiger partial charge in [0.25, 0.3) is 5.56 Å². The van der Waals surface area contributed by atoms with E-state index in [4.69, 9.17) is 23.9 Å². The third-order valence-electron chi connectivity index (χ3n) is 7.58. The largest absolute Gasteiger partial charge is 0.496 e. The number of fused-ring (bicyclic) bond motifs is 2. The molecule has 0 fully saturated rings. The summed E-state index contributed by atoms with van der Waals surface area (Å²) in [5.41, 5.74) is 3.51. The number of benzene rings is 4. The van der Waals surface area contributed by atoms with Crippen molar-refractivity contribution in [2.24, 2.45) is 5.10 Å². The summed E-state index contributed by atoms with van der Waals surface area (Å²) in [5.74, 6) is 2.49.